The molecule has 0 saturated carbocycles. The van der Waals surface area contributed by atoms with Crippen molar-refractivity contribution in [1.82, 2.24) is 0 Å². The van der Waals surface area contributed by atoms with Crippen LogP contribution < -0.4 is 4.74 Å². The van der Waals surface area contributed by atoms with Crippen LogP contribution in [0.3, 0.4) is 0 Å². The number of carbonyl (C=O) groups is 1. The highest BCUT2D eigenvalue weighted by Gasteiger charge is 2.29. The zero-order valence-electron chi connectivity index (χ0n) is 11.6. The lowest BCUT2D eigenvalue weighted by Crippen LogP contribution is -2.33. The van der Waals surface area contributed by atoms with Gasteiger partial charge in [0.05, 0.1) is 5.41 Å². The lowest BCUT2D eigenvalue weighted by Gasteiger charge is -2.23. The van der Waals surface area contributed by atoms with Crippen LogP contribution in [0.5, 0.6) is 5.75 Å². The molecule has 0 heterocycles. The van der Waals surface area contributed by atoms with Crippen molar-refractivity contribution in [3.05, 3.63) is 65.2 Å². The Bertz CT molecular complexity index is 574. The number of hydrogen-bond acceptors (Lipinski definition) is 2. The van der Waals surface area contributed by atoms with Crippen molar-refractivity contribution in [2.45, 2.75) is 19.3 Å². The van der Waals surface area contributed by atoms with Gasteiger partial charge < -0.3 is 4.74 Å². The molecule has 0 fully saturated rings. The van der Waals surface area contributed by atoms with E-state index in [0.29, 0.717) is 10.8 Å². The Kier molecular flexibility index (Phi) is 4.46. The summed E-state index contributed by atoms with van der Waals surface area (Å²) >= 11 is 5.80. The molecular formula is C17H17ClO2. The largest absolute Gasteiger partial charge is 0.486 e. The first kappa shape index (κ1) is 14.6. The maximum atomic E-state index is 12.4. The molecule has 3 heteroatoms. The highest BCUT2D eigenvalue weighted by atomic mass is 35.5. The number of ketones is 1. The van der Waals surface area contributed by atoms with Crippen LogP contribution >= 0.6 is 11.6 Å². The van der Waals surface area contributed by atoms with Gasteiger partial charge >= 0.3 is 0 Å². The number of halogens is 1. The molecule has 0 aliphatic carbocycles. The summed E-state index contributed by atoms with van der Waals surface area (Å²) in [6.45, 7) is 3.87. The number of ether oxygens (including phenoxy) is 1. The van der Waals surface area contributed by atoms with Crippen molar-refractivity contribution in [3.8, 4) is 5.75 Å². The summed E-state index contributed by atoms with van der Waals surface area (Å²) in [7, 11) is 0. The first-order valence-electron chi connectivity index (χ1n) is 6.47. The Morgan fingerprint density at radius 2 is 1.65 bits per heavy atom. The Morgan fingerprint density at radius 3 is 2.25 bits per heavy atom. The first-order valence-corrected chi connectivity index (χ1v) is 6.85. The summed E-state index contributed by atoms with van der Waals surface area (Å²) in [6, 6.07) is 16.7. The number of benzene rings is 2. The van der Waals surface area contributed by atoms with Crippen LogP contribution in [0, 0.1) is 0 Å². The minimum absolute atomic E-state index is 0.0404. The van der Waals surface area contributed by atoms with Gasteiger partial charge in [-0.25, -0.2) is 0 Å². The Hall–Kier alpha value is -1.80. The maximum absolute atomic E-state index is 12.4. The van der Waals surface area contributed by atoms with Gasteiger partial charge in [-0.05, 0) is 43.7 Å². The van der Waals surface area contributed by atoms with Crippen molar-refractivity contribution in [3.63, 3.8) is 0 Å². The minimum atomic E-state index is -0.562. The summed E-state index contributed by atoms with van der Waals surface area (Å²) < 4.78 is 5.52. The third kappa shape index (κ3) is 3.40. The molecule has 0 saturated heterocycles. The van der Waals surface area contributed by atoms with E-state index in [-0.39, 0.29) is 12.4 Å². The van der Waals surface area contributed by atoms with Gasteiger partial charge in [-0.2, -0.15) is 0 Å². The molecule has 0 aliphatic heterocycles. The van der Waals surface area contributed by atoms with E-state index < -0.39 is 5.41 Å². The number of hydrogen-bond donors (Lipinski definition) is 0. The van der Waals surface area contributed by atoms with Gasteiger partial charge in [-0.1, -0.05) is 41.9 Å². The van der Waals surface area contributed by atoms with Gasteiger partial charge in [0.1, 0.15) is 12.4 Å². The molecule has 0 unspecified atom stereocenters. The smallest absolute Gasteiger partial charge is 0.180 e. The molecule has 0 spiro atoms. The zero-order valence-corrected chi connectivity index (χ0v) is 12.4. The zero-order chi connectivity index (χ0) is 14.6. The molecule has 2 aromatic carbocycles. The van der Waals surface area contributed by atoms with Crippen LogP contribution in [0.4, 0.5) is 0 Å². The summed E-state index contributed by atoms with van der Waals surface area (Å²) in [5.41, 5.74) is 0.429. The molecule has 2 rings (SSSR count). The third-order valence-electron chi connectivity index (χ3n) is 3.38. The van der Waals surface area contributed by atoms with Crippen LogP contribution in [0.2, 0.25) is 5.02 Å². The van der Waals surface area contributed by atoms with Gasteiger partial charge in [0.2, 0.25) is 0 Å². The van der Waals surface area contributed by atoms with Crippen molar-refractivity contribution < 1.29 is 9.53 Å². The van der Waals surface area contributed by atoms with E-state index in [2.05, 4.69) is 0 Å². The second-order valence-electron chi connectivity index (χ2n) is 5.16. The topological polar surface area (TPSA) is 26.3 Å². The van der Waals surface area contributed by atoms with E-state index in [1.165, 1.54) is 0 Å². The van der Waals surface area contributed by atoms with Gasteiger partial charge in [0.15, 0.2) is 5.78 Å². The van der Waals surface area contributed by atoms with Crippen LogP contribution in [-0.2, 0) is 10.2 Å². The average Bonchev–Trinajstić information content (AvgIpc) is 2.47. The molecule has 0 N–H and O–H groups in total. The summed E-state index contributed by atoms with van der Waals surface area (Å²) in [4.78, 5) is 12.4. The van der Waals surface area contributed by atoms with E-state index >= 15 is 0 Å². The Balaban J connectivity index is 2.03. The third-order valence-corrected chi connectivity index (χ3v) is 3.63. The summed E-state index contributed by atoms with van der Waals surface area (Å²) in [5, 5.41) is 0.647. The van der Waals surface area contributed by atoms with Crippen molar-refractivity contribution in [2.24, 2.45) is 0 Å². The van der Waals surface area contributed by atoms with Gasteiger partial charge in [-0.15, -0.1) is 0 Å². The predicted octanol–water partition coefficient (Wildman–Crippen LogP) is 4.27. The Morgan fingerprint density at radius 1 is 1.05 bits per heavy atom. The molecule has 0 bridgehead atoms. The van der Waals surface area contributed by atoms with Gasteiger partial charge in [0, 0.05) is 5.02 Å². The minimum Gasteiger partial charge on any atom is -0.486 e. The fraction of sp³-hybridized carbons (Fsp3) is 0.235. The standard InChI is InChI=1S/C17H17ClO2/c1-17(2,13-6-4-3-5-7-13)16(19)12-20-15-10-8-14(18)9-11-15/h3-11H,12H2,1-2H3. The van der Waals surface area contributed by atoms with Crippen LogP contribution in [0.15, 0.2) is 54.6 Å². The van der Waals surface area contributed by atoms with Crippen LogP contribution in [0.1, 0.15) is 19.4 Å². The quantitative estimate of drug-likeness (QED) is 0.821. The summed E-state index contributed by atoms with van der Waals surface area (Å²) in [5.74, 6) is 0.685. The molecule has 0 atom stereocenters. The fourth-order valence-corrected chi connectivity index (χ4v) is 2.00. The molecule has 2 nitrogen and oxygen atoms in total. The lowest BCUT2D eigenvalue weighted by molar-refractivity contribution is -0.125. The van der Waals surface area contributed by atoms with Crippen molar-refractivity contribution in [2.75, 3.05) is 6.61 Å². The number of carbonyl (C=O) groups excluding carboxylic acids is 1. The first-order chi connectivity index (χ1) is 9.50. The molecule has 0 radical (unpaired) electrons. The van der Waals surface area contributed by atoms with Crippen LogP contribution in [0.25, 0.3) is 0 Å². The van der Waals surface area contributed by atoms with Gasteiger partial charge in [0.25, 0.3) is 0 Å². The predicted molar refractivity (Wildman–Crippen MR) is 81.4 cm³/mol. The SMILES string of the molecule is CC(C)(C(=O)COc1ccc(Cl)cc1)c1ccccc1. The van der Waals surface area contributed by atoms with E-state index in [1.54, 1.807) is 24.3 Å². The second-order valence-corrected chi connectivity index (χ2v) is 5.59. The fourth-order valence-electron chi connectivity index (χ4n) is 1.88. The number of Topliss-reactive ketones (excluding diaryl/α,β-unsaturated/α-hetero) is 1. The van der Waals surface area contributed by atoms with E-state index in [0.717, 1.165) is 5.56 Å². The van der Waals surface area contributed by atoms with E-state index in [9.17, 15) is 4.79 Å². The van der Waals surface area contributed by atoms with Crippen molar-refractivity contribution >= 4 is 17.4 Å². The maximum Gasteiger partial charge on any atom is 0.180 e. The summed E-state index contributed by atoms with van der Waals surface area (Å²) in [6.07, 6.45) is 0. The highest BCUT2D eigenvalue weighted by molar-refractivity contribution is 6.30. The lowest BCUT2D eigenvalue weighted by atomic mass is 9.81. The molecule has 104 valence electrons. The van der Waals surface area contributed by atoms with E-state index in [4.69, 9.17) is 16.3 Å². The molecule has 2 aromatic rings. The van der Waals surface area contributed by atoms with E-state index in [1.807, 2.05) is 44.2 Å². The molecule has 0 aromatic heterocycles. The van der Waals surface area contributed by atoms with Crippen LogP contribution in [-0.4, -0.2) is 12.4 Å². The molecule has 0 aliphatic rings. The normalized spacial score (nSPS) is 11.2. The Labute approximate surface area is 124 Å². The number of rotatable bonds is 5. The molecule has 0 amide bonds. The second kappa shape index (κ2) is 6.10. The highest BCUT2D eigenvalue weighted by Crippen LogP contribution is 2.24. The average molecular weight is 289 g/mol. The monoisotopic (exact) mass is 288 g/mol. The van der Waals surface area contributed by atoms with Crippen molar-refractivity contribution in [1.29, 1.82) is 0 Å². The molecular weight excluding hydrogens is 272 g/mol. The molecule has 20 heavy (non-hydrogen) atoms. The van der Waals surface area contributed by atoms with Gasteiger partial charge in [-0.3, -0.25) is 4.79 Å².